The Morgan fingerprint density at radius 1 is 1.15 bits per heavy atom. The first-order valence-electron chi connectivity index (χ1n) is 7.83. The third-order valence-electron chi connectivity index (χ3n) is 3.37. The van der Waals surface area contributed by atoms with E-state index in [1.807, 2.05) is 30.3 Å². The number of aromatic nitrogens is 2. The molecule has 3 rings (SSSR count). The van der Waals surface area contributed by atoms with Gasteiger partial charge >= 0.3 is 0 Å². The maximum absolute atomic E-state index is 12.2. The van der Waals surface area contributed by atoms with E-state index in [1.165, 1.54) is 23.7 Å². The molecular weight excluding hydrogens is 352 g/mol. The smallest absolute Gasteiger partial charge is 0.248 e. The molecule has 2 N–H and O–H groups in total. The van der Waals surface area contributed by atoms with Crippen molar-refractivity contribution in [3.05, 3.63) is 60.4 Å². The molecule has 0 aliphatic heterocycles. The molecule has 0 aliphatic rings. The van der Waals surface area contributed by atoms with Gasteiger partial charge in [0.15, 0.2) is 10.8 Å². The summed E-state index contributed by atoms with van der Waals surface area (Å²) in [5.74, 6) is -0.158. The molecule has 7 nitrogen and oxygen atoms in total. The second kappa shape index (κ2) is 8.21. The van der Waals surface area contributed by atoms with Gasteiger partial charge in [-0.2, -0.15) is 0 Å². The lowest BCUT2D eigenvalue weighted by Crippen LogP contribution is -2.40. The molecule has 1 unspecified atom stereocenters. The summed E-state index contributed by atoms with van der Waals surface area (Å²) in [4.78, 5) is 24.1. The van der Waals surface area contributed by atoms with E-state index >= 15 is 0 Å². The highest BCUT2D eigenvalue weighted by atomic mass is 32.1. The van der Waals surface area contributed by atoms with Crippen molar-refractivity contribution in [1.29, 1.82) is 0 Å². The predicted octanol–water partition coefficient (Wildman–Crippen LogP) is 2.95. The number of amides is 2. The summed E-state index contributed by atoms with van der Waals surface area (Å²) >= 11 is 1.19. The Hall–Kier alpha value is -3.26. The van der Waals surface area contributed by atoms with Crippen LogP contribution >= 0.6 is 11.3 Å². The van der Waals surface area contributed by atoms with Crippen molar-refractivity contribution < 1.29 is 14.0 Å². The van der Waals surface area contributed by atoms with E-state index in [2.05, 4.69) is 20.8 Å². The number of hydrogen-bond acceptors (Lipinski definition) is 6. The highest BCUT2D eigenvalue weighted by Crippen LogP contribution is 2.26. The van der Waals surface area contributed by atoms with Gasteiger partial charge in [-0.05, 0) is 30.7 Å². The van der Waals surface area contributed by atoms with Gasteiger partial charge in [-0.15, -0.1) is 10.2 Å². The zero-order valence-electron chi connectivity index (χ0n) is 13.9. The zero-order valence-corrected chi connectivity index (χ0v) is 14.7. The number of hydrogen-bond donors (Lipinski definition) is 2. The topological polar surface area (TPSA) is 97.1 Å². The molecule has 26 heavy (non-hydrogen) atoms. The lowest BCUT2D eigenvalue weighted by atomic mass is 10.2. The van der Waals surface area contributed by atoms with Crippen LogP contribution in [-0.4, -0.2) is 28.1 Å². The van der Waals surface area contributed by atoms with Gasteiger partial charge in [0.2, 0.25) is 16.9 Å². The summed E-state index contributed by atoms with van der Waals surface area (Å²) in [6, 6.07) is 12.2. The van der Waals surface area contributed by atoms with Crippen LogP contribution in [0.5, 0.6) is 0 Å². The molecule has 8 heteroatoms. The van der Waals surface area contributed by atoms with Gasteiger partial charge in [0.1, 0.15) is 6.04 Å². The minimum Gasteiger partial charge on any atom is -0.462 e. The molecule has 0 fully saturated rings. The van der Waals surface area contributed by atoms with E-state index in [0.29, 0.717) is 15.9 Å². The monoisotopic (exact) mass is 368 g/mol. The minimum absolute atomic E-state index is 0.335. The van der Waals surface area contributed by atoms with Crippen LogP contribution in [0.3, 0.4) is 0 Å². The number of benzene rings is 1. The summed E-state index contributed by atoms with van der Waals surface area (Å²) < 4.78 is 5.23. The zero-order chi connectivity index (χ0) is 18.4. The fourth-order valence-corrected chi connectivity index (χ4v) is 2.77. The first-order chi connectivity index (χ1) is 12.6. The summed E-state index contributed by atoms with van der Waals surface area (Å²) in [5.41, 5.74) is 0.902. The lowest BCUT2D eigenvalue weighted by Gasteiger charge is -2.11. The van der Waals surface area contributed by atoms with E-state index in [0.717, 1.165) is 5.56 Å². The third-order valence-corrected chi connectivity index (χ3v) is 4.22. The molecule has 2 aromatic heterocycles. The molecule has 0 aliphatic carbocycles. The van der Waals surface area contributed by atoms with Crippen LogP contribution in [0.1, 0.15) is 12.5 Å². The molecule has 2 amide bonds. The Bertz CT molecular complexity index is 904. The second-order valence-corrected chi connectivity index (χ2v) is 6.33. The van der Waals surface area contributed by atoms with E-state index in [9.17, 15) is 9.59 Å². The number of carbonyl (C=O) groups is 2. The Morgan fingerprint density at radius 3 is 2.69 bits per heavy atom. The summed E-state index contributed by atoms with van der Waals surface area (Å²) in [6.45, 7) is 1.60. The molecule has 0 spiro atoms. The van der Waals surface area contributed by atoms with Crippen molar-refractivity contribution in [2.24, 2.45) is 0 Å². The quantitative estimate of drug-likeness (QED) is 0.652. The normalized spacial score (nSPS) is 12.0. The summed E-state index contributed by atoms with van der Waals surface area (Å²) in [7, 11) is 0. The first kappa shape index (κ1) is 17.6. The van der Waals surface area contributed by atoms with Gasteiger partial charge < -0.3 is 9.73 Å². The van der Waals surface area contributed by atoms with Gasteiger partial charge in [-0.3, -0.25) is 14.9 Å². The van der Waals surface area contributed by atoms with Gasteiger partial charge in [0.05, 0.1) is 6.26 Å². The van der Waals surface area contributed by atoms with E-state index in [-0.39, 0.29) is 11.8 Å². The molecule has 0 radical (unpaired) electrons. The van der Waals surface area contributed by atoms with Gasteiger partial charge in [0, 0.05) is 6.08 Å². The van der Waals surface area contributed by atoms with E-state index in [4.69, 9.17) is 4.42 Å². The third kappa shape index (κ3) is 4.64. The molecule has 1 atom stereocenters. The Balaban J connectivity index is 1.53. The Morgan fingerprint density at radius 2 is 1.96 bits per heavy atom. The summed E-state index contributed by atoms with van der Waals surface area (Å²) in [6.07, 6.45) is 4.61. The van der Waals surface area contributed by atoms with E-state index < -0.39 is 6.04 Å². The molecule has 0 saturated heterocycles. The van der Waals surface area contributed by atoms with Crippen LogP contribution in [0.25, 0.3) is 16.8 Å². The number of anilines is 1. The van der Waals surface area contributed by atoms with Gasteiger partial charge in [0.25, 0.3) is 0 Å². The molecule has 0 saturated carbocycles. The Kier molecular flexibility index (Phi) is 5.55. The van der Waals surface area contributed by atoms with Crippen LogP contribution in [0.15, 0.2) is 59.2 Å². The molecule has 2 heterocycles. The Labute approximate surface area is 153 Å². The van der Waals surface area contributed by atoms with E-state index in [1.54, 1.807) is 25.1 Å². The number of nitrogens with zero attached hydrogens (tertiary/aromatic N) is 2. The SMILES string of the molecule is CC(NC(=O)/C=C/c1ccccc1)C(=O)Nc1nnc(-c2ccco2)s1. The molecule has 1 aromatic carbocycles. The van der Waals surface area contributed by atoms with Crippen LogP contribution in [-0.2, 0) is 9.59 Å². The van der Waals surface area contributed by atoms with Crippen molar-refractivity contribution in [1.82, 2.24) is 15.5 Å². The molecular formula is C18H16N4O3S. The number of rotatable bonds is 6. The van der Waals surface area contributed by atoms with Gasteiger partial charge in [-0.1, -0.05) is 41.7 Å². The molecule has 132 valence electrons. The van der Waals surface area contributed by atoms with Crippen molar-refractivity contribution in [3.8, 4) is 10.8 Å². The van der Waals surface area contributed by atoms with Crippen molar-refractivity contribution in [2.75, 3.05) is 5.32 Å². The molecule has 3 aromatic rings. The highest BCUT2D eigenvalue weighted by molar-refractivity contribution is 7.18. The van der Waals surface area contributed by atoms with Crippen LogP contribution in [0.4, 0.5) is 5.13 Å². The van der Waals surface area contributed by atoms with Crippen LogP contribution < -0.4 is 10.6 Å². The van der Waals surface area contributed by atoms with Crippen molar-refractivity contribution in [2.45, 2.75) is 13.0 Å². The summed E-state index contributed by atoms with van der Waals surface area (Å²) in [5, 5.41) is 14.0. The maximum Gasteiger partial charge on any atom is 0.248 e. The fourth-order valence-electron chi connectivity index (χ4n) is 2.05. The predicted molar refractivity (Wildman–Crippen MR) is 99.3 cm³/mol. The first-order valence-corrected chi connectivity index (χ1v) is 8.65. The van der Waals surface area contributed by atoms with Crippen LogP contribution in [0.2, 0.25) is 0 Å². The molecule has 0 bridgehead atoms. The number of nitrogens with one attached hydrogen (secondary N) is 2. The average molecular weight is 368 g/mol. The maximum atomic E-state index is 12.2. The number of furan rings is 1. The van der Waals surface area contributed by atoms with Crippen LogP contribution in [0, 0.1) is 0 Å². The minimum atomic E-state index is -0.723. The van der Waals surface area contributed by atoms with Gasteiger partial charge in [-0.25, -0.2) is 0 Å². The van der Waals surface area contributed by atoms with Crippen molar-refractivity contribution >= 4 is 34.4 Å². The number of carbonyl (C=O) groups excluding carboxylic acids is 2. The average Bonchev–Trinajstić information content (AvgIpc) is 3.32. The van der Waals surface area contributed by atoms with Crippen molar-refractivity contribution in [3.63, 3.8) is 0 Å². The second-order valence-electron chi connectivity index (χ2n) is 5.35. The lowest BCUT2D eigenvalue weighted by molar-refractivity contribution is -0.123. The standard InChI is InChI=1S/C18H16N4O3S/c1-12(19-15(23)10-9-13-6-3-2-4-7-13)16(24)20-18-22-21-17(26-18)14-8-5-11-25-14/h2-12H,1H3,(H,19,23)(H,20,22,24)/b10-9+. The highest BCUT2D eigenvalue weighted by Gasteiger charge is 2.17. The largest absolute Gasteiger partial charge is 0.462 e. The fraction of sp³-hybridized carbons (Fsp3) is 0.111.